The number of primary amides is 1. The highest BCUT2D eigenvalue weighted by Crippen LogP contribution is 2.51. The summed E-state index contributed by atoms with van der Waals surface area (Å²) in [4.78, 5) is 70.3. The lowest BCUT2D eigenvalue weighted by molar-refractivity contribution is -0.181. The van der Waals surface area contributed by atoms with E-state index in [-0.39, 0.29) is 30.7 Å². The van der Waals surface area contributed by atoms with E-state index in [0.717, 1.165) is 0 Å². The summed E-state index contributed by atoms with van der Waals surface area (Å²) in [5.41, 5.74) is 3.73. The van der Waals surface area contributed by atoms with E-state index < -0.39 is 76.9 Å². The van der Waals surface area contributed by atoms with Gasteiger partial charge in [-0.1, -0.05) is 6.07 Å². The zero-order valence-electron chi connectivity index (χ0n) is 25.8. The lowest BCUT2D eigenvalue weighted by Gasteiger charge is -2.52. The minimum Gasteiger partial charge on any atom is -0.507 e. The van der Waals surface area contributed by atoms with Crippen molar-refractivity contribution in [2.45, 2.75) is 43.6 Å². The number of benzene rings is 1. The maximum Gasteiger partial charge on any atom is 0.235 e. The van der Waals surface area contributed by atoms with Gasteiger partial charge < -0.3 is 34.9 Å². The Morgan fingerprint density at radius 2 is 1.57 bits per heavy atom. The molecule has 0 aliphatic heterocycles. The van der Waals surface area contributed by atoms with Gasteiger partial charge in [0.2, 0.25) is 5.91 Å². The first kappa shape index (κ1) is 33.8. The van der Waals surface area contributed by atoms with Crippen molar-refractivity contribution in [3.8, 4) is 5.75 Å². The summed E-state index contributed by atoms with van der Waals surface area (Å²) in [6.07, 6.45) is -1.07. The second-order valence-corrected chi connectivity index (χ2v) is 11.9. The number of rotatable bonds is 12. The van der Waals surface area contributed by atoms with Crippen LogP contribution in [0.15, 0.2) is 12.1 Å². The summed E-state index contributed by atoms with van der Waals surface area (Å²) in [6.45, 7) is 0.864. The van der Waals surface area contributed by atoms with E-state index in [4.69, 9.17) is 24.7 Å². The molecule has 1 amide bonds. The van der Waals surface area contributed by atoms with Crippen LogP contribution in [0.3, 0.4) is 0 Å². The number of methoxy groups -OCH3 is 4. The summed E-state index contributed by atoms with van der Waals surface area (Å²) < 4.78 is 21.6. The van der Waals surface area contributed by atoms with Crippen LogP contribution in [0.5, 0.6) is 5.75 Å². The minimum atomic E-state index is -2.77. The molecule has 14 heteroatoms. The van der Waals surface area contributed by atoms with Gasteiger partial charge in [-0.25, -0.2) is 0 Å². The highest BCUT2D eigenvalue weighted by Gasteiger charge is 2.69. The maximum atomic E-state index is 14.0. The number of aromatic hydroxyl groups is 1. The van der Waals surface area contributed by atoms with Crippen molar-refractivity contribution in [1.82, 2.24) is 9.80 Å². The van der Waals surface area contributed by atoms with Crippen molar-refractivity contribution >= 4 is 29.0 Å². The van der Waals surface area contributed by atoms with Gasteiger partial charge >= 0.3 is 0 Å². The van der Waals surface area contributed by atoms with Crippen LogP contribution in [0.25, 0.3) is 0 Å². The fourth-order valence-corrected chi connectivity index (χ4v) is 7.17. The van der Waals surface area contributed by atoms with Crippen LogP contribution in [-0.4, -0.2) is 129 Å². The molecule has 2 fully saturated rings. The van der Waals surface area contributed by atoms with Gasteiger partial charge in [0, 0.05) is 40.9 Å². The second-order valence-electron chi connectivity index (χ2n) is 11.9. The van der Waals surface area contributed by atoms with Crippen LogP contribution in [0.4, 0.5) is 0 Å². The summed E-state index contributed by atoms with van der Waals surface area (Å²) in [5, 5.41) is 22.6. The molecule has 1 aromatic carbocycles. The predicted molar refractivity (Wildman–Crippen MR) is 152 cm³/mol. The molecule has 0 radical (unpaired) electrons. The number of phenols is 1. The number of Topliss-reactive ketones (excluding diaryl/α,β-unsaturated/α-hetero) is 4. The van der Waals surface area contributed by atoms with Crippen LogP contribution in [-0.2, 0) is 51.1 Å². The Bertz CT molecular complexity index is 1310. The van der Waals surface area contributed by atoms with E-state index in [1.54, 1.807) is 20.2 Å². The molecule has 1 aromatic rings. The third-order valence-electron chi connectivity index (χ3n) is 9.30. The molecule has 0 saturated heterocycles. The number of carbonyl (C=O) groups is 5. The molecule has 3 aliphatic rings. The minimum absolute atomic E-state index is 0.0342. The van der Waals surface area contributed by atoms with E-state index in [1.807, 2.05) is 4.90 Å². The zero-order valence-corrected chi connectivity index (χ0v) is 25.8. The molecule has 6 atom stereocenters. The van der Waals surface area contributed by atoms with Gasteiger partial charge in [-0.05, 0) is 50.0 Å². The number of carbonyl (C=O) groups excluding carboxylic acids is 5. The topological polar surface area (TPSA) is 195 Å². The third-order valence-corrected chi connectivity index (χ3v) is 9.30. The number of ketones is 4. The average molecular weight is 620 g/mol. The largest absolute Gasteiger partial charge is 0.507 e. The van der Waals surface area contributed by atoms with Crippen LogP contribution in [0, 0.1) is 23.7 Å². The van der Waals surface area contributed by atoms with E-state index in [1.165, 1.54) is 39.4 Å². The van der Waals surface area contributed by atoms with E-state index in [0.29, 0.717) is 24.2 Å². The van der Waals surface area contributed by atoms with E-state index >= 15 is 0 Å². The van der Waals surface area contributed by atoms with Crippen LogP contribution >= 0.6 is 0 Å². The molecule has 0 heterocycles. The fourth-order valence-electron chi connectivity index (χ4n) is 7.17. The van der Waals surface area contributed by atoms with Gasteiger partial charge in [0.25, 0.3) is 0 Å². The van der Waals surface area contributed by atoms with Gasteiger partial charge in [-0.15, -0.1) is 0 Å². The molecule has 2 unspecified atom stereocenters. The van der Waals surface area contributed by atoms with Crippen molar-refractivity contribution < 1.29 is 53.1 Å². The number of amides is 1. The molecule has 242 valence electrons. The number of phenolic OH excluding ortho intramolecular Hbond substituents is 1. The molecule has 44 heavy (non-hydrogen) atoms. The number of hydrogen-bond acceptors (Lipinski definition) is 13. The summed E-state index contributed by atoms with van der Waals surface area (Å²) in [7, 11) is 9.11. The Morgan fingerprint density at radius 3 is 2.07 bits per heavy atom. The van der Waals surface area contributed by atoms with Crippen LogP contribution in [0.2, 0.25) is 0 Å². The number of ether oxygens (including phenoxy) is 4. The first-order chi connectivity index (χ1) is 20.8. The maximum absolute atomic E-state index is 14.0. The zero-order chi connectivity index (χ0) is 32.7. The first-order valence-corrected chi connectivity index (χ1v) is 14.3. The monoisotopic (exact) mass is 619 g/mol. The average Bonchev–Trinajstić information content (AvgIpc) is 2.97. The van der Waals surface area contributed by atoms with Crippen LogP contribution in [0.1, 0.15) is 27.9 Å². The summed E-state index contributed by atoms with van der Waals surface area (Å²) in [5.74, 6) is -10.9. The SMILES string of the molecule is COC(CN(Cc1ccc(O)c2c1C[C@H]1C[C@H]3[C@H](N(C)C)C(=O)C(C(N)=O)C(=O)[C@@]3(O)C(=O)C1C2=O)CC(OC)OC)OC. The van der Waals surface area contributed by atoms with E-state index in [2.05, 4.69) is 0 Å². The summed E-state index contributed by atoms with van der Waals surface area (Å²) in [6, 6.07) is 1.88. The number of aliphatic hydroxyl groups is 1. The lowest BCUT2D eigenvalue weighted by atomic mass is 9.52. The standard InChI is InChI=1S/C30H41N3O11/c1-32(2)24-17-10-15-9-16-14(11-33(12-19(41-3)42-4)13-20(43-5)44-6)7-8-18(34)22(16)25(35)21(15)27(37)30(17,40)28(38)23(26(24)36)29(31)39/h7-8,15,17,19-21,23-24,34,40H,9-13H2,1-6H3,(H2,31,39)/t15-,17-,21?,23?,24-,30-/m0/s1. The third kappa shape index (κ3) is 5.60. The van der Waals surface area contributed by atoms with Gasteiger partial charge in [0.1, 0.15) is 5.75 Å². The Balaban J connectivity index is 1.77. The highest BCUT2D eigenvalue weighted by molar-refractivity contribution is 6.32. The van der Waals surface area contributed by atoms with Gasteiger partial charge in [0.05, 0.1) is 30.6 Å². The molecule has 0 spiro atoms. The quantitative estimate of drug-likeness (QED) is 0.189. The van der Waals surface area contributed by atoms with E-state index in [9.17, 15) is 34.2 Å². The highest BCUT2D eigenvalue weighted by atomic mass is 16.7. The lowest BCUT2D eigenvalue weighted by Crippen LogP contribution is -2.74. The number of nitrogens with two attached hydrogens (primary N) is 1. The molecule has 4 rings (SSSR count). The predicted octanol–water partition coefficient (Wildman–Crippen LogP) is -1.09. The Morgan fingerprint density at radius 1 is 1.00 bits per heavy atom. The van der Waals surface area contributed by atoms with Crippen LogP contribution < -0.4 is 5.73 Å². The normalized spacial score (nSPS) is 28.6. The van der Waals surface area contributed by atoms with Gasteiger partial charge in [-0.2, -0.15) is 0 Å². The van der Waals surface area contributed by atoms with Crippen molar-refractivity contribution in [3.63, 3.8) is 0 Å². The number of hydrogen-bond donors (Lipinski definition) is 3. The molecule has 3 aliphatic carbocycles. The van der Waals surface area contributed by atoms with Crippen molar-refractivity contribution in [1.29, 1.82) is 0 Å². The molecule has 2 saturated carbocycles. The molecular weight excluding hydrogens is 578 g/mol. The Kier molecular flexibility index (Phi) is 10.0. The second kappa shape index (κ2) is 13.1. The van der Waals surface area contributed by atoms with Gasteiger partial charge in [0.15, 0.2) is 47.2 Å². The fraction of sp³-hybridized carbons (Fsp3) is 0.633. The van der Waals surface area contributed by atoms with Crippen molar-refractivity contribution in [2.24, 2.45) is 29.4 Å². The number of nitrogens with zero attached hydrogens (tertiary/aromatic N) is 2. The number of fused-ring (bicyclic) bond motifs is 3. The molecule has 0 bridgehead atoms. The molecular formula is C30H41N3O11. The number of likely N-dealkylation sites (N-methyl/N-ethyl adjacent to an activating group) is 1. The van der Waals surface area contributed by atoms with Crippen molar-refractivity contribution in [2.75, 3.05) is 55.6 Å². The Hall–Kier alpha value is -3.11. The van der Waals surface area contributed by atoms with Crippen molar-refractivity contribution in [3.05, 3.63) is 28.8 Å². The smallest absolute Gasteiger partial charge is 0.235 e. The summed E-state index contributed by atoms with van der Waals surface area (Å²) >= 11 is 0. The van der Waals surface area contributed by atoms with Gasteiger partial charge in [-0.3, -0.25) is 33.8 Å². The molecule has 0 aromatic heterocycles. The Labute approximate surface area is 255 Å². The molecule has 14 nitrogen and oxygen atoms in total. The molecule has 4 N–H and O–H groups in total. The first-order valence-electron chi connectivity index (χ1n) is 14.3.